The Morgan fingerprint density at radius 3 is 2.19 bits per heavy atom. The van der Waals surface area contributed by atoms with Gasteiger partial charge in [0.05, 0.1) is 21.6 Å². The van der Waals surface area contributed by atoms with Gasteiger partial charge in [0.15, 0.2) is 0 Å². The van der Waals surface area contributed by atoms with Crippen LogP contribution in [0.5, 0.6) is 0 Å². The molecule has 0 heterocycles. The summed E-state index contributed by atoms with van der Waals surface area (Å²) in [6.45, 7) is 0. The molecule has 8 heteroatoms. The first-order chi connectivity index (χ1) is 15.0. The van der Waals surface area contributed by atoms with Gasteiger partial charge in [-0.05, 0) is 28.8 Å². The summed E-state index contributed by atoms with van der Waals surface area (Å²) in [6.07, 6.45) is 2.61. The maximum absolute atomic E-state index is 11.3. The minimum absolute atomic E-state index is 0.0981. The average molecular weight is 414 g/mol. The maximum Gasteiger partial charge on any atom is 0.301 e. The van der Waals surface area contributed by atoms with Crippen molar-refractivity contribution in [2.45, 2.75) is 12.3 Å². The Labute approximate surface area is 177 Å². The predicted molar refractivity (Wildman–Crippen MR) is 119 cm³/mol. The molecule has 3 aromatic rings. The lowest BCUT2D eigenvalue weighted by Crippen LogP contribution is -2.02. The number of hydrogen-bond acceptors (Lipinski definition) is 6. The fourth-order valence-electron chi connectivity index (χ4n) is 3.65. The number of nitrogens with one attached hydrogen (secondary N) is 1. The summed E-state index contributed by atoms with van der Waals surface area (Å²) in [6, 6.07) is 23.5. The lowest BCUT2D eigenvalue weighted by atomic mass is 9.88. The molecule has 0 bridgehead atoms. The van der Waals surface area contributed by atoms with Crippen molar-refractivity contribution in [1.82, 2.24) is 0 Å². The van der Waals surface area contributed by atoms with Gasteiger partial charge in [-0.25, -0.2) is 0 Å². The molecule has 0 radical (unpaired) electrons. The molecule has 1 aliphatic rings. The fraction of sp³-hybridized carbons (Fsp3) is 0.0870. The van der Waals surface area contributed by atoms with Gasteiger partial charge < -0.3 is 0 Å². The lowest BCUT2D eigenvalue weighted by molar-refractivity contribution is -0.393. The highest BCUT2D eigenvalue weighted by molar-refractivity contribution is 6.08. The first-order valence-corrected chi connectivity index (χ1v) is 9.60. The fourth-order valence-corrected chi connectivity index (χ4v) is 3.65. The van der Waals surface area contributed by atoms with Crippen LogP contribution in [0.25, 0.3) is 5.57 Å². The Morgan fingerprint density at radius 2 is 1.55 bits per heavy atom. The normalized spacial score (nSPS) is 16.7. The molecule has 0 unspecified atom stereocenters. The second kappa shape index (κ2) is 8.58. The Kier molecular flexibility index (Phi) is 5.53. The summed E-state index contributed by atoms with van der Waals surface area (Å²) in [7, 11) is 0. The number of nitro benzene ring substituents is 2. The van der Waals surface area contributed by atoms with Crippen LogP contribution in [0.15, 0.2) is 90.0 Å². The zero-order valence-corrected chi connectivity index (χ0v) is 16.3. The monoisotopic (exact) mass is 414 g/mol. The third-order valence-electron chi connectivity index (χ3n) is 5.13. The van der Waals surface area contributed by atoms with Crippen molar-refractivity contribution in [2.75, 3.05) is 5.43 Å². The van der Waals surface area contributed by atoms with E-state index in [4.69, 9.17) is 0 Å². The molecule has 154 valence electrons. The zero-order chi connectivity index (χ0) is 21.8. The van der Waals surface area contributed by atoms with Crippen LogP contribution in [0, 0.1) is 20.2 Å². The average Bonchev–Trinajstić information content (AvgIpc) is 3.23. The largest absolute Gasteiger partial charge is 0.301 e. The topological polar surface area (TPSA) is 111 Å². The van der Waals surface area contributed by atoms with Gasteiger partial charge >= 0.3 is 5.69 Å². The van der Waals surface area contributed by atoms with Gasteiger partial charge in [0.2, 0.25) is 0 Å². The second-order valence-electron chi connectivity index (χ2n) is 7.06. The zero-order valence-electron chi connectivity index (χ0n) is 16.3. The highest BCUT2D eigenvalue weighted by Gasteiger charge is 2.26. The van der Waals surface area contributed by atoms with E-state index in [0.717, 1.165) is 28.5 Å². The quantitative estimate of drug-likeness (QED) is 0.420. The van der Waals surface area contributed by atoms with Crippen LogP contribution < -0.4 is 5.43 Å². The summed E-state index contributed by atoms with van der Waals surface area (Å²) in [4.78, 5) is 20.9. The van der Waals surface area contributed by atoms with Gasteiger partial charge in [0.1, 0.15) is 5.69 Å². The molecule has 1 N–H and O–H groups in total. The molecule has 4 rings (SSSR count). The van der Waals surface area contributed by atoms with E-state index in [1.165, 1.54) is 12.1 Å². The number of hydrogen-bond donors (Lipinski definition) is 1. The predicted octanol–water partition coefficient (Wildman–Crippen LogP) is 5.54. The molecule has 31 heavy (non-hydrogen) atoms. The van der Waals surface area contributed by atoms with Gasteiger partial charge in [-0.1, -0.05) is 60.7 Å². The number of nitro groups is 2. The maximum atomic E-state index is 11.3. The number of anilines is 1. The number of rotatable bonds is 6. The Balaban J connectivity index is 1.66. The summed E-state index contributed by atoms with van der Waals surface area (Å²) in [5.41, 5.74) is 6.17. The molecule has 0 aromatic heterocycles. The minimum Gasteiger partial charge on any atom is -0.271 e. The highest BCUT2D eigenvalue weighted by Crippen LogP contribution is 2.40. The van der Waals surface area contributed by atoms with Crippen molar-refractivity contribution >= 4 is 28.3 Å². The first-order valence-electron chi connectivity index (χ1n) is 9.60. The van der Waals surface area contributed by atoms with Gasteiger partial charge in [-0.2, -0.15) is 5.10 Å². The van der Waals surface area contributed by atoms with E-state index in [1.807, 2.05) is 54.6 Å². The second-order valence-corrected chi connectivity index (χ2v) is 7.06. The van der Waals surface area contributed by atoms with Crippen LogP contribution in [-0.4, -0.2) is 15.6 Å². The number of hydrazone groups is 1. The van der Waals surface area contributed by atoms with Crippen LogP contribution in [-0.2, 0) is 0 Å². The number of non-ortho nitro benzene ring substituents is 1. The molecule has 0 spiro atoms. The first kappa shape index (κ1) is 20.0. The van der Waals surface area contributed by atoms with E-state index in [-0.39, 0.29) is 17.3 Å². The van der Waals surface area contributed by atoms with Crippen LogP contribution >= 0.6 is 0 Å². The van der Waals surface area contributed by atoms with Crippen molar-refractivity contribution in [2.24, 2.45) is 5.10 Å². The molecule has 0 aliphatic heterocycles. The molecular weight excluding hydrogens is 396 g/mol. The van der Waals surface area contributed by atoms with E-state index in [9.17, 15) is 20.2 Å². The Bertz CT molecular complexity index is 1190. The molecule has 8 nitrogen and oxygen atoms in total. The van der Waals surface area contributed by atoms with E-state index in [2.05, 4.69) is 22.7 Å². The summed E-state index contributed by atoms with van der Waals surface area (Å²) in [5.74, 6) is 0.107. The van der Waals surface area contributed by atoms with E-state index >= 15 is 0 Å². The van der Waals surface area contributed by atoms with Crippen LogP contribution in [0.3, 0.4) is 0 Å². The molecule has 3 aromatic carbocycles. The Hall–Kier alpha value is -4.33. The molecular formula is C23H18N4O4. The van der Waals surface area contributed by atoms with Gasteiger partial charge in [-0.3, -0.25) is 25.7 Å². The van der Waals surface area contributed by atoms with Crippen molar-refractivity contribution in [3.05, 3.63) is 116 Å². The van der Waals surface area contributed by atoms with Crippen molar-refractivity contribution in [3.8, 4) is 0 Å². The van der Waals surface area contributed by atoms with E-state index in [1.54, 1.807) is 0 Å². The minimum atomic E-state index is -0.668. The number of benzene rings is 3. The molecule has 0 saturated carbocycles. The van der Waals surface area contributed by atoms with Crippen molar-refractivity contribution in [3.63, 3.8) is 0 Å². The Morgan fingerprint density at radius 1 is 0.871 bits per heavy atom. The van der Waals surface area contributed by atoms with Gasteiger partial charge in [-0.15, -0.1) is 0 Å². The smallest absolute Gasteiger partial charge is 0.271 e. The third-order valence-corrected chi connectivity index (χ3v) is 5.13. The number of nitrogens with zero attached hydrogens (tertiary/aromatic N) is 3. The van der Waals surface area contributed by atoms with Gasteiger partial charge in [0.25, 0.3) is 5.69 Å². The summed E-state index contributed by atoms with van der Waals surface area (Å²) >= 11 is 0. The molecule has 0 saturated heterocycles. The molecule has 1 aliphatic carbocycles. The van der Waals surface area contributed by atoms with Crippen molar-refractivity contribution in [1.29, 1.82) is 0 Å². The van der Waals surface area contributed by atoms with E-state index in [0.29, 0.717) is 6.42 Å². The molecule has 0 fully saturated rings. The third kappa shape index (κ3) is 4.32. The highest BCUT2D eigenvalue weighted by atomic mass is 16.6. The number of allylic oxidation sites excluding steroid dienone is 2. The standard InChI is InChI=1S/C23H18N4O4/c28-26(29)19-11-12-22(23(15-19)27(30)31)25-24-18-13-20(16-7-3-1-4-8-16)21(14-18)17-9-5-2-6-10-17/h1-13,15,21,25H,14H2/b24-18+/t21-/m1/s1. The van der Waals surface area contributed by atoms with Crippen LogP contribution in [0.4, 0.5) is 17.1 Å². The van der Waals surface area contributed by atoms with E-state index < -0.39 is 15.5 Å². The molecule has 1 atom stereocenters. The SMILES string of the molecule is O=[N+]([O-])c1ccc(N/N=C2\C=C(c3ccccc3)[C@@H](c3ccccc3)C2)c([N+](=O)[O-])c1. The summed E-state index contributed by atoms with van der Waals surface area (Å²) < 4.78 is 0. The lowest BCUT2D eigenvalue weighted by Gasteiger charge is -2.15. The molecule has 0 amide bonds. The van der Waals surface area contributed by atoms with Crippen molar-refractivity contribution < 1.29 is 9.85 Å². The van der Waals surface area contributed by atoms with Crippen LogP contribution in [0.2, 0.25) is 0 Å². The van der Waals surface area contributed by atoms with Gasteiger partial charge in [0, 0.05) is 18.4 Å². The summed E-state index contributed by atoms with van der Waals surface area (Å²) in [5, 5.41) is 26.7. The van der Waals surface area contributed by atoms with Crippen LogP contribution in [0.1, 0.15) is 23.5 Å².